The minimum Gasteiger partial charge on any atom is -0.457 e. The summed E-state index contributed by atoms with van der Waals surface area (Å²) in [6.07, 6.45) is 0.711. The van der Waals surface area contributed by atoms with Crippen molar-refractivity contribution in [2.24, 2.45) is 0 Å². The van der Waals surface area contributed by atoms with Gasteiger partial charge in [-0.3, -0.25) is 14.4 Å². The number of hydrogen-bond acceptors (Lipinski definition) is 8. The molecule has 4 atom stereocenters. The summed E-state index contributed by atoms with van der Waals surface area (Å²) in [5.41, 5.74) is 0. The van der Waals surface area contributed by atoms with Crippen LogP contribution in [-0.2, 0) is 38.1 Å². The predicted molar refractivity (Wildman–Crippen MR) is 105 cm³/mol. The smallest absolute Gasteiger partial charge is 0.308 e. The summed E-state index contributed by atoms with van der Waals surface area (Å²) in [5, 5.41) is 0. The van der Waals surface area contributed by atoms with Crippen LogP contribution in [0.2, 0.25) is 0 Å². The molecule has 0 aromatic carbocycles. The van der Waals surface area contributed by atoms with E-state index in [1.165, 1.54) is 0 Å². The molecule has 0 aromatic heterocycles. The largest absolute Gasteiger partial charge is 0.457 e. The molecule has 1 rings (SSSR count). The fourth-order valence-corrected chi connectivity index (χ4v) is 2.88. The highest BCUT2D eigenvalue weighted by Gasteiger charge is 2.47. The van der Waals surface area contributed by atoms with Crippen LogP contribution in [0.5, 0.6) is 0 Å². The van der Waals surface area contributed by atoms with Gasteiger partial charge in [-0.2, -0.15) is 0 Å². The quantitative estimate of drug-likeness (QED) is 0.256. The molecule has 29 heavy (non-hydrogen) atoms. The summed E-state index contributed by atoms with van der Waals surface area (Å²) in [7, 11) is 0. The average molecular weight is 417 g/mol. The summed E-state index contributed by atoms with van der Waals surface area (Å²) in [4.78, 5) is 36.2. The summed E-state index contributed by atoms with van der Waals surface area (Å²) in [6.45, 7) is 8.04. The first kappa shape index (κ1) is 25.4. The molecule has 0 aromatic rings. The Morgan fingerprint density at radius 2 is 1.31 bits per heavy atom. The van der Waals surface area contributed by atoms with E-state index in [0.29, 0.717) is 25.9 Å². The third-order valence-electron chi connectivity index (χ3n) is 4.35. The van der Waals surface area contributed by atoms with Crippen LogP contribution in [0.15, 0.2) is 0 Å². The molecular formula is C21H36O8. The van der Waals surface area contributed by atoms with Gasteiger partial charge in [-0.05, 0) is 25.7 Å². The molecule has 1 aliphatic heterocycles. The number of ether oxygens (including phenoxy) is 5. The topological polar surface area (TPSA) is 97.4 Å². The molecule has 0 aliphatic carbocycles. The van der Waals surface area contributed by atoms with E-state index < -0.39 is 36.5 Å². The maximum atomic E-state index is 12.2. The van der Waals surface area contributed by atoms with Crippen molar-refractivity contribution in [1.29, 1.82) is 0 Å². The molecule has 8 nitrogen and oxygen atoms in total. The number of unbranched alkanes of at least 4 members (excludes halogenated alkanes) is 1. The molecule has 0 bridgehead atoms. The van der Waals surface area contributed by atoms with Gasteiger partial charge < -0.3 is 23.7 Å². The molecule has 0 radical (unpaired) electrons. The fourth-order valence-electron chi connectivity index (χ4n) is 2.88. The average Bonchev–Trinajstić information content (AvgIpc) is 2.66. The number of esters is 3. The van der Waals surface area contributed by atoms with Crippen molar-refractivity contribution in [2.45, 2.75) is 104 Å². The minimum absolute atomic E-state index is 0.00184. The molecule has 168 valence electrons. The zero-order valence-electron chi connectivity index (χ0n) is 18.1. The molecule has 8 heteroatoms. The Kier molecular flexibility index (Phi) is 12.5. The Labute approximate surface area is 173 Å². The van der Waals surface area contributed by atoms with E-state index in [1.54, 1.807) is 0 Å². The molecule has 0 N–H and O–H groups in total. The van der Waals surface area contributed by atoms with Gasteiger partial charge in [0.1, 0.15) is 6.10 Å². The van der Waals surface area contributed by atoms with Crippen molar-refractivity contribution < 1.29 is 38.1 Å². The molecule has 1 aliphatic rings. The Balaban J connectivity index is 3.02. The van der Waals surface area contributed by atoms with Crippen LogP contribution in [0.1, 0.15) is 79.1 Å². The van der Waals surface area contributed by atoms with Crippen LogP contribution >= 0.6 is 0 Å². The van der Waals surface area contributed by atoms with Gasteiger partial charge in [0.05, 0.1) is 6.61 Å². The molecule has 1 unspecified atom stereocenters. The normalized spacial score (nSPS) is 24.0. The standard InChI is InChI=1S/C21H36O8/c1-5-9-13-25-19-15(27-16(22)10-6-2)14-26-21(29-18(24)12-8-4)20(19)28-17(23)11-7-3/h15,19-21H,5-14H2,1-4H3/t15-,19-,20+,21?/m0/s1. The molecule has 0 amide bonds. The van der Waals surface area contributed by atoms with Gasteiger partial charge in [-0.1, -0.05) is 34.1 Å². The van der Waals surface area contributed by atoms with E-state index in [4.69, 9.17) is 23.7 Å². The van der Waals surface area contributed by atoms with Gasteiger partial charge >= 0.3 is 17.9 Å². The molecule has 1 heterocycles. The molecular weight excluding hydrogens is 380 g/mol. The zero-order chi connectivity index (χ0) is 21.6. The van der Waals surface area contributed by atoms with Crippen LogP contribution in [0.3, 0.4) is 0 Å². The van der Waals surface area contributed by atoms with Crippen LogP contribution in [0, 0.1) is 0 Å². The lowest BCUT2D eigenvalue weighted by Crippen LogP contribution is -2.58. The van der Waals surface area contributed by atoms with Gasteiger partial charge in [0, 0.05) is 25.9 Å². The summed E-state index contributed by atoms with van der Waals surface area (Å²) < 4.78 is 28.1. The lowest BCUT2D eigenvalue weighted by molar-refractivity contribution is -0.279. The van der Waals surface area contributed by atoms with Gasteiger partial charge in [0.15, 0.2) is 12.2 Å². The SMILES string of the molecule is CCCCO[C@H]1[C@@H](OC(=O)CCC)COC(OC(=O)CCC)[C@@H]1OC(=O)CCC. The first-order valence-electron chi connectivity index (χ1n) is 10.8. The van der Waals surface area contributed by atoms with Crippen molar-refractivity contribution in [1.82, 2.24) is 0 Å². The summed E-state index contributed by atoms with van der Waals surface area (Å²) >= 11 is 0. The lowest BCUT2D eigenvalue weighted by Gasteiger charge is -2.40. The van der Waals surface area contributed by atoms with Gasteiger partial charge in [0.25, 0.3) is 0 Å². The van der Waals surface area contributed by atoms with E-state index in [1.807, 2.05) is 27.7 Å². The maximum absolute atomic E-state index is 12.2. The highest BCUT2D eigenvalue weighted by atomic mass is 16.7. The Hall–Kier alpha value is -1.67. The van der Waals surface area contributed by atoms with E-state index in [0.717, 1.165) is 12.8 Å². The number of hydrogen-bond donors (Lipinski definition) is 0. The third-order valence-corrected chi connectivity index (χ3v) is 4.35. The van der Waals surface area contributed by atoms with Crippen molar-refractivity contribution in [3.8, 4) is 0 Å². The Bertz CT molecular complexity index is 507. The van der Waals surface area contributed by atoms with Gasteiger partial charge in [-0.15, -0.1) is 0 Å². The van der Waals surface area contributed by atoms with Crippen LogP contribution in [0.4, 0.5) is 0 Å². The molecule has 0 saturated carbocycles. The second-order valence-corrected chi connectivity index (χ2v) is 7.11. The second kappa shape index (κ2) is 14.3. The van der Waals surface area contributed by atoms with E-state index in [9.17, 15) is 14.4 Å². The van der Waals surface area contributed by atoms with E-state index >= 15 is 0 Å². The highest BCUT2D eigenvalue weighted by Crippen LogP contribution is 2.26. The van der Waals surface area contributed by atoms with Crippen LogP contribution < -0.4 is 0 Å². The highest BCUT2D eigenvalue weighted by molar-refractivity contribution is 5.71. The molecule has 1 fully saturated rings. The second-order valence-electron chi connectivity index (χ2n) is 7.11. The third kappa shape index (κ3) is 9.12. The van der Waals surface area contributed by atoms with Gasteiger partial charge in [-0.25, -0.2) is 0 Å². The number of carbonyl (C=O) groups excluding carboxylic acids is 3. The van der Waals surface area contributed by atoms with Crippen LogP contribution in [-0.4, -0.2) is 55.7 Å². The maximum Gasteiger partial charge on any atom is 0.308 e. The fraction of sp³-hybridized carbons (Fsp3) is 0.857. The van der Waals surface area contributed by atoms with Crippen molar-refractivity contribution in [3.63, 3.8) is 0 Å². The Morgan fingerprint density at radius 1 is 0.759 bits per heavy atom. The minimum atomic E-state index is -1.09. The monoisotopic (exact) mass is 416 g/mol. The first-order valence-corrected chi connectivity index (χ1v) is 10.8. The van der Waals surface area contributed by atoms with Crippen molar-refractivity contribution in [2.75, 3.05) is 13.2 Å². The molecule has 0 spiro atoms. The number of rotatable bonds is 13. The van der Waals surface area contributed by atoms with Gasteiger partial charge in [0.2, 0.25) is 6.29 Å². The van der Waals surface area contributed by atoms with Crippen molar-refractivity contribution in [3.05, 3.63) is 0 Å². The Morgan fingerprint density at radius 3 is 1.86 bits per heavy atom. The first-order chi connectivity index (χ1) is 14.0. The van der Waals surface area contributed by atoms with E-state index in [-0.39, 0.29) is 31.8 Å². The molecule has 1 saturated heterocycles. The zero-order valence-corrected chi connectivity index (χ0v) is 18.1. The predicted octanol–water partition coefficient (Wildman–Crippen LogP) is 3.30. The lowest BCUT2D eigenvalue weighted by atomic mass is 10.0. The summed E-state index contributed by atoms with van der Waals surface area (Å²) in [5.74, 6) is -1.25. The van der Waals surface area contributed by atoms with Crippen molar-refractivity contribution >= 4 is 17.9 Å². The van der Waals surface area contributed by atoms with Crippen LogP contribution in [0.25, 0.3) is 0 Å². The summed E-state index contributed by atoms with van der Waals surface area (Å²) in [6, 6.07) is 0. The number of carbonyl (C=O) groups is 3. The van der Waals surface area contributed by atoms with E-state index in [2.05, 4.69) is 0 Å².